The van der Waals surface area contributed by atoms with Crippen molar-refractivity contribution in [2.75, 3.05) is 5.32 Å². The molecule has 2 saturated carbocycles. The van der Waals surface area contributed by atoms with Crippen molar-refractivity contribution in [3.05, 3.63) is 47.9 Å². The van der Waals surface area contributed by atoms with E-state index in [4.69, 9.17) is 4.98 Å². The zero-order chi connectivity index (χ0) is 17.5. The highest BCUT2D eigenvalue weighted by Gasteiger charge is 2.54. The quantitative estimate of drug-likeness (QED) is 0.479. The van der Waals surface area contributed by atoms with E-state index >= 15 is 0 Å². The van der Waals surface area contributed by atoms with E-state index in [1.165, 1.54) is 35.8 Å². The van der Waals surface area contributed by atoms with E-state index in [2.05, 4.69) is 43.9 Å². The first kappa shape index (κ1) is 14.2. The minimum Gasteiger partial charge on any atom is -0.363 e. The van der Waals surface area contributed by atoms with Gasteiger partial charge in [-0.1, -0.05) is 12.1 Å². The van der Waals surface area contributed by atoms with Crippen molar-refractivity contribution in [3.63, 3.8) is 0 Å². The summed E-state index contributed by atoms with van der Waals surface area (Å²) in [5, 5.41) is 20.9. The predicted octanol–water partition coefficient (Wildman–Crippen LogP) is 4.13. The lowest BCUT2D eigenvalue weighted by Gasteiger charge is -2.43. The third-order valence-corrected chi connectivity index (χ3v) is 7.35. The summed E-state index contributed by atoms with van der Waals surface area (Å²) < 4.78 is 0. The molecule has 6 heteroatoms. The van der Waals surface area contributed by atoms with Crippen LogP contribution in [-0.2, 0) is 0 Å². The Morgan fingerprint density at radius 2 is 1.81 bits per heavy atom. The second kappa shape index (κ2) is 4.88. The van der Waals surface area contributed by atoms with Crippen LogP contribution in [0, 0.1) is 17.8 Å². The summed E-state index contributed by atoms with van der Waals surface area (Å²) in [6.07, 6.45) is 9.86. The third kappa shape index (κ3) is 1.78. The fraction of sp³-hybridized carbons (Fsp3) is 0.381. The Hall–Kier alpha value is -2.89. The maximum Gasteiger partial charge on any atom is 0.130 e. The fourth-order valence-electron chi connectivity index (χ4n) is 6.33. The molecule has 4 aromatic rings. The lowest BCUT2D eigenvalue weighted by Crippen LogP contribution is -2.36. The molecule has 2 aliphatic carbocycles. The third-order valence-electron chi connectivity index (χ3n) is 7.35. The average Bonchev–Trinajstić information content (AvgIpc) is 3.49. The Morgan fingerprint density at radius 1 is 0.926 bits per heavy atom. The van der Waals surface area contributed by atoms with Gasteiger partial charge in [0.25, 0.3) is 0 Å². The monoisotopic (exact) mass is 356 g/mol. The fourth-order valence-corrected chi connectivity index (χ4v) is 6.33. The molecule has 3 aromatic heterocycles. The van der Waals surface area contributed by atoms with E-state index < -0.39 is 0 Å². The summed E-state index contributed by atoms with van der Waals surface area (Å²) in [5.41, 5.74) is 4.90. The van der Waals surface area contributed by atoms with Gasteiger partial charge in [-0.2, -0.15) is 10.2 Å². The van der Waals surface area contributed by atoms with Gasteiger partial charge in [0.05, 0.1) is 35.7 Å². The molecule has 2 unspecified atom stereocenters. The Kier molecular flexibility index (Phi) is 2.57. The maximum absolute atomic E-state index is 4.79. The lowest BCUT2D eigenvalue weighted by molar-refractivity contribution is 0.248. The van der Waals surface area contributed by atoms with Gasteiger partial charge in [0.2, 0.25) is 0 Å². The molecule has 0 spiro atoms. The first-order chi connectivity index (χ1) is 13.4. The molecule has 4 heterocycles. The van der Waals surface area contributed by atoms with Gasteiger partial charge in [-0.15, -0.1) is 0 Å². The molecule has 134 valence electrons. The van der Waals surface area contributed by atoms with E-state index in [9.17, 15) is 0 Å². The number of anilines is 1. The molecule has 2 bridgehead atoms. The summed E-state index contributed by atoms with van der Waals surface area (Å²) >= 11 is 0. The topological polar surface area (TPSA) is 82.3 Å². The van der Waals surface area contributed by atoms with Gasteiger partial charge in [-0.05, 0) is 54.6 Å². The van der Waals surface area contributed by atoms with Crippen LogP contribution in [0.3, 0.4) is 0 Å². The van der Waals surface area contributed by atoms with Crippen LogP contribution in [0.2, 0.25) is 0 Å². The first-order valence-corrected chi connectivity index (χ1v) is 9.88. The number of hydrogen-bond acceptors (Lipinski definition) is 4. The van der Waals surface area contributed by atoms with E-state index in [0.717, 1.165) is 34.1 Å². The predicted molar refractivity (Wildman–Crippen MR) is 103 cm³/mol. The molecule has 27 heavy (non-hydrogen) atoms. The van der Waals surface area contributed by atoms with Crippen LogP contribution in [0.5, 0.6) is 0 Å². The van der Waals surface area contributed by atoms with Crippen molar-refractivity contribution in [1.82, 2.24) is 25.4 Å². The number of nitrogens with one attached hydrogen (secondary N) is 3. The van der Waals surface area contributed by atoms with Gasteiger partial charge in [0, 0.05) is 16.3 Å². The maximum atomic E-state index is 4.79. The number of aromatic amines is 2. The van der Waals surface area contributed by atoms with Crippen LogP contribution < -0.4 is 5.32 Å². The minimum atomic E-state index is 0.308. The van der Waals surface area contributed by atoms with Crippen LogP contribution >= 0.6 is 0 Å². The highest BCUT2D eigenvalue weighted by atomic mass is 15.1. The van der Waals surface area contributed by atoms with E-state index in [0.29, 0.717) is 17.9 Å². The van der Waals surface area contributed by atoms with Crippen LogP contribution in [-0.4, -0.2) is 25.4 Å². The molecule has 1 aliphatic heterocycles. The van der Waals surface area contributed by atoms with Crippen molar-refractivity contribution in [1.29, 1.82) is 0 Å². The largest absolute Gasteiger partial charge is 0.363 e. The summed E-state index contributed by atoms with van der Waals surface area (Å²) in [5.74, 6) is 3.83. The second-order valence-corrected chi connectivity index (χ2v) is 8.49. The van der Waals surface area contributed by atoms with Crippen molar-refractivity contribution in [2.24, 2.45) is 17.8 Å². The van der Waals surface area contributed by atoms with Gasteiger partial charge in [-0.25, -0.2) is 4.98 Å². The molecule has 3 N–H and O–H groups in total. The zero-order valence-electron chi connectivity index (χ0n) is 14.8. The van der Waals surface area contributed by atoms with Crippen molar-refractivity contribution in [3.8, 4) is 0 Å². The van der Waals surface area contributed by atoms with E-state index in [1.807, 2.05) is 18.6 Å². The van der Waals surface area contributed by atoms with Gasteiger partial charge in [0.15, 0.2) is 0 Å². The Morgan fingerprint density at radius 3 is 2.81 bits per heavy atom. The number of fused-ring (bicyclic) bond motifs is 10. The number of nitrogens with zero attached hydrogens (tertiary/aromatic N) is 3. The van der Waals surface area contributed by atoms with Crippen molar-refractivity contribution >= 4 is 27.6 Å². The highest BCUT2D eigenvalue weighted by Crippen LogP contribution is 2.64. The number of aromatic nitrogens is 5. The van der Waals surface area contributed by atoms with Crippen LogP contribution in [0.4, 0.5) is 5.82 Å². The molecule has 2 fully saturated rings. The molecule has 6 nitrogen and oxygen atoms in total. The number of H-pyrrole nitrogens is 2. The standard InChI is InChI=1S/C21H20N6/c1-2-11-5-10(1)17-18(11)20(12-3-4-13-7-23-26-15(13)6-12)25-21-19(17)14-8-24-27-16(14)9-22-21/h3-4,6-11,17-18,20H,1-2,5H2,(H,22,25)(H,23,26)(H,24,27)/t10?,11?,17-,18+,20-/m0/s1. The molecular formula is C21H20N6. The molecule has 3 aliphatic rings. The minimum absolute atomic E-state index is 0.308. The smallest absolute Gasteiger partial charge is 0.130 e. The SMILES string of the molecule is c1cc2cn[nH]c2cc1[C@@H]1Nc2ncc3[nH]ncc3c2[C@H]2C3CCC(C3)[C@@H]12. The molecule has 1 aromatic carbocycles. The van der Waals surface area contributed by atoms with Gasteiger partial charge in [-0.3, -0.25) is 10.2 Å². The Labute approximate surface area is 155 Å². The van der Waals surface area contributed by atoms with Gasteiger partial charge < -0.3 is 5.32 Å². The second-order valence-electron chi connectivity index (χ2n) is 8.49. The molecule has 5 atom stereocenters. The summed E-state index contributed by atoms with van der Waals surface area (Å²) in [6, 6.07) is 7.02. The number of rotatable bonds is 1. The summed E-state index contributed by atoms with van der Waals surface area (Å²) in [4.78, 5) is 4.79. The molecule has 0 radical (unpaired) electrons. The number of benzene rings is 1. The number of pyridine rings is 1. The summed E-state index contributed by atoms with van der Waals surface area (Å²) in [7, 11) is 0. The van der Waals surface area contributed by atoms with Crippen LogP contribution in [0.15, 0.2) is 36.8 Å². The lowest BCUT2D eigenvalue weighted by atomic mass is 9.68. The molecular weight excluding hydrogens is 336 g/mol. The molecule has 7 rings (SSSR count). The van der Waals surface area contributed by atoms with Crippen molar-refractivity contribution in [2.45, 2.75) is 31.2 Å². The van der Waals surface area contributed by atoms with Gasteiger partial charge in [0.1, 0.15) is 5.82 Å². The average molecular weight is 356 g/mol. The Bertz CT molecular complexity index is 1190. The highest BCUT2D eigenvalue weighted by molar-refractivity contribution is 5.86. The normalized spacial score (nSPS) is 31.2. The first-order valence-electron chi connectivity index (χ1n) is 9.88. The van der Waals surface area contributed by atoms with E-state index in [1.54, 1.807) is 0 Å². The molecule has 0 amide bonds. The Balaban J connectivity index is 1.44. The zero-order valence-corrected chi connectivity index (χ0v) is 14.8. The molecule has 0 saturated heterocycles. The number of hydrogen-bond donors (Lipinski definition) is 3. The van der Waals surface area contributed by atoms with Crippen LogP contribution in [0.25, 0.3) is 21.8 Å². The van der Waals surface area contributed by atoms with Crippen LogP contribution in [0.1, 0.15) is 42.3 Å². The van der Waals surface area contributed by atoms with Crippen molar-refractivity contribution < 1.29 is 0 Å². The van der Waals surface area contributed by atoms with Gasteiger partial charge >= 0.3 is 0 Å². The van der Waals surface area contributed by atoms with E-state index in [-0.39, 0.29) is 0 Å². The summed E-state index contributed by atoms with van der Waals surface area (Å²) in [6.45, 7) is 0.